The van der Waals surface area contributed by atoms with E-state index in [0.717, 1.165) is 38.4 Å². The standard InChI is InChI=1S/C19H36N4O3S.BrH/c1-23(2)17(24)8-10-20-18(21-13-16-7-6-12-27-16)22-14-19(15-25-3)9-4-5-11-26-19;/h16H,4-15H2,1-3H3,(H2,20,21,22);1H. The average Bonchev–Trinajstić information content (AvgIpc) is 3.18. The summed E-state index contributed by atoms with van der Waals surface area (Å²) in [6.45, 7) is 3.36. The number of ether oxygens (including phenoxy) is 2. The molecule has 0 radical (unpaired) electrons. The van der Waals surface area contributed by atoms with Crippen molar-refractivity contribution in [3.63, 3.8) is 0 Å². The predicted molar refractivity (Wildman–Crippen MR) is 122 cm³/mol. The van der Waals surface area contributed by atoms with E-state index in [1.54, 1.807) is 26.1 Å². The Hall–Kier alpha value is -0.510. The van der Waals surface area contributed by atoms with Gasteiger partial charge in [-0.1, -0.05) is 0 Å². The summed E-state index contributed by atoms with van der Waals surface area (Å²) in [5.74, 6) is 2.12. The fraction of sp³-hybridized carbons (Fsp3) is 0.895. The van der Waals surface area contributed by atoms with Gasteiger partial charge in [-0.3, -0.25) is 9.79 Å². The third kappa shape index (κ3) is 8.88. The zero-order valence-corrected chi connectivity index (χ0v) is 20.0. The zero-order chi connectivity index (χ0) is 19.5. The number of carbonyl (C=O) groups excluding carboxylic acids is 1. The second-order valence-electron chi connectivity index (χ2n) is 7.57. The molecule has 7 nitrogen and oxygen atoms in total. The van der Waals surface area contributed by atoms with E-state index in [2.05, 4.69) is 10.6 Å². The highest BCUT2D eigenvalue weighted by Crippen LogP contribution is 2.26. The Kier molecular flexibility index (Phi) is 12.5. The van der Waals surface area contributed by atoms with E-state index in [1.165, 1.54) is 18.6 Å². The summed E-state index contributed by atoms with van der Waals surface area (Å²) in [5.41, 5.74) is -0.330. The van der Waals surface area contributed by atoms with Gasteiger partial charge in [0, 0.05) is 52.6 Å². The van der Waals surface area contributed by atoms with Crippen LogP contribution in [0.1, 0.15) is 38.5 Å². The average molecular weight is 482 g/mol. The Morgan fingerprint density at radius 1 is 1.32 bits per heavy atom. The van der Waals surface area contributed by atoms with Crippen molar-refractivity contribution in [2.24, 2.45) is 4.99 Å². The molecule has 2 N–H and O–H groups in total. The maximum Gasteiger partial charge on any atom is 0.223 e. The molecule has 1 amide bonds. The quantitative estimate of drug-likeness (QED) is 0.388. The van der Waals surface area contributed by atoms with Crippen molar-refractivity contribution in [2.75, 3.05) is 59.8 Å². The van der Waals surface area contributed by atoms with E-state index in [4.69, 9.17) is 14.5 Å². The van der Waals surface area contributed by atoms with Gasteiger partial charge in [-0.15, -0.1) is 17.0 Å². The minimum absolute atomic E-state index is 0. The third-order valence-corrected chi connectivity index (χ3v) is 6.42. The van der Waals surface area contributed by atoms with Gasteiger partial charge in [0.1, 0.15) is 5.60 Å². The summed E-state index contributed by atoms with van der Waals surface area (Å²) in [4.78, 5) is 18.2. The Morgan fingerprint density at radius 3 is 2.75 bits per heavy atom. The minimum Gasteiger partial charge on any atom is -0.382 e. The Balaban J connectivity index is 0.00000392. The maximum absolute atomic E-state index is 11.8. The molecule has 0 aliphatic carbocycles. The van der Waals surface area contributed by atoms with Gasteiger partial charge >= 0.3 is 0 Å². The van der Waals surface area contributed by atoms with Gasteiger partial charge in [0.15, 0.2) is 5.96 Å². The molecule has 164 valence electrons. The number of nitrogens with zero attached hydrogens (tertiary/aromatic N) is 2. The first-order valence-electron chi connectivity index (χ1n) is 10.0. The first kappa shape index (κ1) is 25.5. The van der Waals surface area contributed by atoms with Crippen molar-refractivity contribution in [3.8, 4) is 0 Å². The summed E-state index contributed by atoms with van der Waals surface area (Å²) in [7, 11) is 5.27. The lowest BCUT2D eigenvalue weighted by Gasteiger charge is -2.35. The number of amides is 1. The van der Waals surface area contributed by atoms with Crippen molar-refractivity contribution in [1.82, 2.24) is 15.5 Å². The molecular formula is C19H37BrN4O3S. The lowest BCUT2D eigenvalue weighted by atomic mass is 9.95. The molecule has 2 saturated heterocycles. The first-order valence-corrected chi connectivity index (χ1v) is 11.1. The maximum atomic E-state index is 11.8. The molecule has 9 heteroatoms. The minimum atomic E-state index is -0.330. The highest BCUT2D eigenvalue weighted by atomic mass is 79.9. The Morgan fingerprint density at radius 2 is 2.14 bits per heavy atom. The zero-order valence-electron chi connectivity index (χ0n) is 17.5. The number of rotatable bonds is 9. The van der Waals surface area contributed by atoms with Gasteiger partial charge in [0.25, 0.3) is 0 Å². The number of halogens is 1. The number of guanidine groups is 1. The third-order valence-electron chi connectivity index (χ3n) is 5.02. The monoisotopic (exact) mass is 480 g/mol. The Bertz CT molecular complexity index is 476. The van der Waals surface area contributed by atoms with Gasteiger partial charge in [0.05, 0.1) is 13.2 Å². The second-order valence-corrected chi connectivity index (χ2v) is 8.98. The molecule has 2 aliphatic heterocycles. The normalized spacial score (nSPS) is 25.1. The van der Waals surface area contributed by atoms with Gasteiger partial charge in [0.2, 0.25) is 5.91 Å². The molecule has 0 aromatic carbocycles. The van der Waals surface area contributed by atoms with Gasteiger partial charge < -0.3 is 25.0 Å². The van der Waals surface area contributed by atoms with Gasteiger partial charge in [-0.25, -0.2) is 0 Å². The van der Waals surface area contributed by atoms with Crippen LogP contribution in [0.25, 0.3) is 0 Å². The summed E-state index contributed by atoms with van der Waals surface area (Å²) in [6, 6.07) is 0. The largest absolute Gasteiger partial charge is 0.382 e. The number of hydrogen-bond acceptors (Lipinski definition) is 5. The van der Waals surface area contributed by atoms with Crippen LogP contribution < -0.4 is 10.6 Å². The molecule has 2 atom stereocenters. The molecule has 2 unspecified atom stereocenters. The van der Waals surface area contributed by atoms with Crippen molar-refractivity contribution < 1.29 is 14.3 Å². The molecule has 0 spiro atoms. The van der Waals surface area contributed by atoms with E-state index in [9.17, 15) is 4.79 Å². The summed E-state index contributed by atoms with van der Waals surface area (Å²) in [6.07, 6.45) is 6.20. The van der Waals surface area contributed by atoms with Crippen molar-refractivity contribution in [3.05, 3.63) is 0 Å². The highest BCUT2D eigenvalue weighted by molar-refractivity contribution is 8.93. The van der Waals surface area contributed by atoms with Crippen LogP contribution in [0.15, 0.2) is 4.99 Å². The van der Waals surface area contributed by atoms with Crippen LogP contribution in [0.5, 0.6) is 0 Å². The summed E-state index contributed by atoms with van der Waals surface area (Å²) >= 11 is 2.02. The van der Waals surface area contributed by atoms with Crippen LogP contribution in [-0.4, -0.2) is 87.4 Å². The lowest BCUT2D eigenvalue weighted by molar-refractivity contribution is -0.128. The topological polar surface area (TPSA) is 75.2 Å². The molecule has 0 aromatic heterocycles. The fourth-order valence-corrected chi connectivity index (χ4v) is 4.58. The predicted octanol–water partition coefficient (Wildman–Crippen LogP) is 2.06. The number of aliphatic imine (C=N–C) groups is 1. The van der Waals surface area contributed by atoms with E-state index in [0.29, 0.717) is 31.4 Å². The van der Waals surface area contributed by atoms with Crippen LogP contribution in [0.2, 0.25) is 0 Å². The smallest absolute Gasteiger partial charge is 0.223 e. The van der Waals surface area contributed by atoms with E-state index < -0.39 is 0 Å². The fourth-order valence-electron chi connectivity index (χ4n) is 3.38. The molecule has 0 bridgehead atoms. The molecule has 28 heavy (non-hydrogen) atoms. The molecule has 2 heterocycles. The van der Waals surface area contributed by atoms with Crippen LogP contribution in [0, 0.1) is 0 Å². The number of nitrogens with one attached hydrogen (secondary N) is 2. The van der Waals surface area contributed by atoms with Crippen LogP contribution in [-0.2, 0) is 14.3 Å². The number of thioether (sulfide) groups is 1. The van der Waals surface area contributed by atoms with Crippen molar-refractivity contribution in [2.45, 2.75) is 49.4 Å². The summed E-state index contributed by atoms with van der Waals surface area (Å²) in [5, 5.41) is 7.41. The van der Waals surface area contributed by atoms with Crippen LogP contribution in [0.3, 0.4) is 0 Å². The van der Waals surface area contributed by atoms with Crippen molar-refractivity contribution >= 4 is 40.6 Å². The molecule has 0 saturated carbocycles. The Labute approximate surface area is 184 Å². The van der Waals surface area contributed by atoms with Gasteiger partial charge in [-0.2, -0.15) is 11.8 Å². The summed E-state index contributed by atoms with van der Waals surface area (Å²) < 4.78 is 11.5. The van der Waals surface area contributed by atoms with Crippen LogP contribution >= 0.6 is 28.7 Å². The van der Waals surface area contributed by atoms with Crippen molar-refractivity contribution in [1.29, 1.82) is 0 Å². The molecule has 0 aromatic rings. The second kappa shape index (κ2) is 13.7. The first-order chi connectivity index (χ1) is 13.0. The lowest BCUT2D eigenvalue weighted by Crippen LogP contribution is -2.46. The molecule has 2 aliphatic rings. The van der Waals surface area contributed by atoms with E-state index in [-0.39, 0.29) is 28.5 Å². The number of hydrogen-bond donors (Lipinski definition) is 2. The number of methoxy groups -OCH3 is 1. The molecule has 2 fully saturated rings. The highest BCUT2D eigenvalue weighted by Gasteiger charge is 2.33. The number of carbonyl (C=O) groups is 1. The van der Waals surface area contributed by atoms with E-state index in [1.807, 2.05) is 11.8 Å². The van der Waals surface area contributed by atoms with Gasteiger partial charge in [-0.05, 0) is 37.9 Å². The van der Waals surface area contributed by atoms with E-state index >= 15 is 0 Å². The molecule has 2 rings (SSSR count). The van der Waals surface area contributed by atoms with Crippen LogP contribution in [0.4, 0.5) is 0 Å². The molecular weight excluding hydrogens is 444 g/mol. The SMILES string of the molecule is Br.COCC1(CN=C(NCCC(=O)N(C)C)NCC2CCCS2)CCCCO1.